The van der Waals surface area contributed by atoms with Crippen molar-refractivity contribution in [2.75, 3.05) is 19.1 Å². The smallest absolute Gasteiger partial charge is 0.270 e. The van der Waals surface area contributed by atoms with Gasteiger partial charge in [-0.1, -0.05) is 36.1 Å². The third kappa shape index (κ3) is 3.47. The molecule has 2 aromatic carbocycles. The number of phenols is 1. The molecule has 1 saturated heterocycles. The van der Waals surface area contributed by atoms with Gasteiger partial charge in [-0.2, -0.15) is 0 Å². The Kier molecular flexibility index (Phi) is 4.96. The van der Waals surface area contributed by atoms with Crippen LogP contribution in [0.4, 0.5) is 5.69 Å². The molecule has 0 bridgehead atoms. The van der Waals surface area contributed by atoms with Crippen molar-refractivity contribution in [3.63, 3.8) is 0 Å². The molecule has 25 heavy (non-hydrogen) atoms. The highest BCUT2D eigenvalue weighted by molar-refractivity contribution is 8.27. The van der Waals surface area contributed by atoms with Gasteiger partial charge in [0.2, 0.25) is 0 Å². The van der Waals surface area contributed by atoms with Gasteiger partial charge in [-0.05, 0) is 35.9 Å². The average Bonchev–Trinajstić information content (AvgIpc) is 2.88. The highest BCUT2D eigenvalue weighted by Crippen LogP contribution is 2.37. The van der Waals surface area contributed by atoms with E-state index in [-0.39, 0.29) is 11.7 Å². The molecule has 0 saturated carbocycles. The number of rotatable bonds is 4. The fraction of sp³-hybridized carbons (Fsp3) is 0.111. The molecule has 1 N–H and O–H groups in total. The lowest BCUT2D eigenvalue weighted by Gasteiger charge is -2.14. The molecule has 0 unspecified atom stereocenters. The van der Waals surface area contributed by atoms with Crippen LogP contribution in [-0.4, -0.2) is 29.6 Å². The summed E-state index contributed by atoms with van der Waals surface area (Å²) in [5.74, 6) is 1.05. The molecule has 0 aliphatic carbocycles. The first-order valence-electron chi connectivity index (χ1n) is 7.32. The number of anilines is 1. The van der Waals surface area contributed by atoms with E-state index in [1.807, 2.05) is 6.07 Å². The van der Waals surface area contributed by atoms with Gasteiger partial charge in [0.25, 0.3) is 5.91 Å². The summed E-state index contributed by atoms with van der Waals surface area (Å²) in [6, 6.07) is 11.8. The van der Waals surface area contributed by atoms with Gasteiger partial charge in [-0.15, -0.1) is 0 Å². The van der Waals surface area contributed by atoms with Crippen LogP contribution in [0.1, 0.15) is 5.56 Å². The number of thiocarbonyl (C=S) groups is 1. The number of hydrogen-bond donors (Lipinski definition) is 1. The van der Waals surface area contributed by atoms with E-state index in [4.69, 9.17) is 21.7 Å². The van der Waals surface area contributed by atoms with E-state index < -0.39 is 0 Å². The number of thioether (sulfide) groups is 1. The summed E-state index contributed by atoms with van der Waals surface area (Å²) in [6.45, 7) is 0. The minimum atomic E-state index is -0.226. The third-order valence-electron chi connectivity index (χ3n) is 3.59. The normalized spacial score (nSPS) is 15.8. The van der Waals surface area contributed by atoms with Gasteiger partial charge in [0, 0.05) is 6.07 Å². The van der Waals surface area contributed by atoms with E-state index in [0.29, 0.717) is 26.4 Å². The second kappa shape index (κ2) is 7.16. The zero-order valence-corrected chi connectivity index (χ0v) is 15.2. The van der Waals surface area contributed by atoms with Crippen molar-refractivity contribution in [1.82, 2.24) is 0 Å². The Morgan fingerprint density at radius 2 is 1.88 bits per heavy atom. The highest BCUT2D eigenvalue weighted by Gasteiger charge is 2.33. The standard InChI is InChI=1S/C18H15NO4S2/c1-22-14-7-6-11(8-15(14)23-2)9-16-17(21)19(18(24)25-16)12-4-3-5-13(20)10-12/h3-10,20H,1-2H3/b16-9-. The van der Waals surface area contributed by atoms with Crippen molar-refractivity contribution in [2.24, 2.45) is 0 Å². The van der Waals surface area contributed by atoms with Crippen molar-refractivity contribution in [2.45, 2.75) is 0 Å². The molecule has 0 radical (unpaired) electrons. The molecule has 5 nitrogen and oxygen atoms in total. The Morgan fingerprint density at radius 3 is 2.56 bits per heavy atom. The number of ether oxygens (including phenoxy) is 2. The van der Waals surface area contributed by atoms with Crippen LogP contribution in [0.2, 0.25) is 0 Å². The van der Waals surface area contributed by atoms with Crippen LogP contribution in [0.15, 0.2) is 47.4 Å². The second-order valence-corrected chi connectivity index (χ2v) is 6.83. The number of amides is 1. The Morgan fingerprint density at radius 1 is 1.12 bits per heavy atom. The SMILES string of the molecule is COc1ccc(/C=C2\SC(=S)N(c3cccc(O)c3)C2=O)cc1OC. The number of methoxy groups -OCH3 is 2. The topological polar surface area (TPSA) is 59.0 Å². The quantitative estimate of drug-likeness (QED) is 0.650. The largest absolute Gasteiger partial charge is 0.508 e. The monoisotopic (exact) mass is 373 g/mol. The summed E-state index contributed by atoms with van der Waals surface area (Å²) in [6.07, 6.45) is 1.75. The number of hydrogen-bond acceptors (Lipinski definition) is 6. The molecule has 2 aromatic rings. The molecule has 0 spiro atoms. The van der Waals surface area contributed by atoms with Gasteiger partial charge >= 0.3 is 0 Å². The van der Waals surface area contributed by atoms with Crippen LogP contribution in [0.25, 0.3) is 6.08 Å². The van der Waals surface area contributed by atoms with E-state index in [1.54, 1.807) is 50.6 Å². The lowest BCUT2D eigenvalue weighted by atomic mass is 10.2. The summed E-state index contributed by atoms with van der Waals surface area (Å²) in [4.78, 5) is 14.6. The van der Waals surface area contributed by atoms with E-state index in [1.165, 1.54) is 22.7 Å². The summed E-state index contributed by atoms with van der Waals surface area (Å²) >= 11 is 6.54. The number of carbonyl (C=O) groups is 1. The molecular formula is C18H15NO4S2. The highest BCUT2D eigenvalue weighted by atomic mass is 32.2. The van der Waals surface area contributed by atoms with Crippen LogP contribution in [0, 0.1) is 0 Å². The lowest BCUT2D eigenvalue weighted by Crippen LogP contribution is -2.27. The third-order valence-corrected chi connectivity index (χ3v) is 4.89. The van der Waals surface area contributed by atoms with E-state index in [0.717, 1.165) is 5.56 Å². The van der Waals surface area contributed by atoms with Crippen LogP contribution < -0.4 is 14.4 Å². The van der Waals surface area contributed by atoms with E-state index >= 15 is 0 Å². The van der Waals surface area contributed by atoms with E-state index in [9.17, 15) is 9.90 Å². The fourth-order valence-corrected chi connectivity index (χ4v) is 3.72. The first kappa shape index (κ1) is 17.3. The van der Waals surface area contributed by atoms with Gasteiger partial charge in [0.05, 0.1) is 24.8 Å². The minimum Gasteiger partial charge on any atom is -0.508 e. The molecule has 0 atom stereocenters. The molecule has 0 aromatic heterocycles. The number of nitrogens with zero attached hydrogens (tertiary/aromatic N) is 1. The first-order chi connectivity index (χ1) is 12.0. The summed E-state index contributed by atoms with van der Waals surface area (Å²) in [5, 5.41) is 9.63. The van der Waals surface area contributed by atoms with Crippen molar-refractivity contribution < 1.29 is 19.4 Å². The van der Waals surface area contributed by atoms with Gasteiger partial charge < -0.3 is 14.6 Å². The summed E-state index contributed by atoms with van der Waals surface area (Å²) in [7, 11) is 3.13. The second-order valence-electron chi connectivity index (χ2n) is 5.15. The number of carbonyl (C=O) groups excluding carboxylic acids is 1. The predicted molar refractivity (Wildman–Crippen MR) is 103 cm³/mol. The molecule has 1 aliphatic rings. The molecule has 1 fully saturated rings. The molecule has 1 heterocycles. The Bertz CT molecular complexity index is 879. The first-order valence-corrected chi connectivity index (χ1v) is 8.55. The number of phenolic OH excluding ortho intramolecular Hbond substituents is 1. The maximum absolute atomic E-state index is 12.7. The number of benzene rings is 2. The molecule has 3 rings (SSSR count). The van der Waals surface area contributed by atoms with Crippen LogP contribution in [0.5, 0.6) is 17.2 Å². The number of aromatic hydroxyl groups is 1. The molecular weight excluding hydrogens is 358 g/mol. The van der Waals surface area contributed by atoms with Gasteiger partial charge in [0.15, 0.2) is 15.8 Å². The Hall–Kier alpha value is -2.51. The van der Waals surface area contributed by atoms with Gasteiger partial charge in [-0.25, -0.2) is 0 Å². The predicted octanol–water partition coefficient (Wildman–Crippen LogP) is 3.82. The average molecular weight is 373 g/mol. The van der Waals surface area contributed by atoms with Gasteiger partial charge in [-0.3, -0.25) is 9.69 Å². The Balaban J connectivity index is 1.93. The lowest BCUT2D eigenvalue weighted by molar-refractivity contribution is -0.113. The molecule has 1 aliphatic heterocycles. The van der Waals surface area contributed by atoms with Crippen LogP contribution >= 0.6 is 24.0 Å². The Labute approximate surface area is 154 Å². The van der Waals surface area contributed by atoms with E-state index in [2.05, 4.69) is 0 Å². The van der Waals surface area contributed by atoms with Gasteiger partial charge in [0.1, 0.15) is 5.75 Å². The summed E-state index contributed by atoms with van der Waals surface area (Å²) in [5.41, 5.74) is 1.34. The van der Waals surface area contributed by atoms with Crippen molar-refractivity contribution in [1.29, 1.82) is 0 Å². The maximum Gasteiger partial charge on any atom is 0.270 e. The van der Waals surface area contributed by atoms with Crippen molar-refractivity contribution in [3.8, 4) is 17.2 Å². The van der Waals surface area contributed by atoms with Crippen molar-refractivity contribution >= 4 is 46.0 Å². The molecule has 128 valence electrons. The van der Waals surface area contributed by atoms with Crippen LogP contribution in [0.3, 0.4) is 0 Å². The van der Waals surface area contributed by atoms with Crippen molar-refractivity contribution in [3.05, 3.63) is 52.9 Å². The fourth-order valence-electron chi connectivity index (χ4n) is 2.42. The minimum absolute atomic E-state index is 0.0791. The maximum atomic E-state index is 12.7. The molecule has 7 heteroatoms. The zero-order valence-electron chi connectivity index (χ0n) is 13.6. The summed E-state index contributed by atoms with van der Waals surface area (Å²) < 4.78 is 10.9. The van der Waals surface area contributed by atoms with Crippen LogP contribution in [-0.2, 0) is 4.79 Å². The zero-order chi connectivity index (χ0) is 18.0. The molecule has 1 amide bonds.